The second-order valence-electron chi connectivity index (χ2n) is 4.48. The van der Waals surface area contributed by atoms with Crippen LogP contribution in [0.15, 0.2) is 47.8 Å². The lowest BCUT2D eigenvalue weighted by molar-refractivity contribution is 0.305. The maximum absolute atomic E-state index is 6.19. The predicted octanol–water partition coefficient (Wildman–Crippen LogP) is 4.59. The van der Waals surface area contributed by atoms with Crippen LogP contribution in [0.3, 0.4) is 0 Å². The molecule has 0 saturated heterocycles. The summed E-state index contributed by atoms with van der Waals surface area (Å²) in [5.74, 6) is 0.687. The lowest BCUT2D eigenvalue weighted by Gasteiger charge is -2.11. The third-order valence-electron chi connectivity index (χ3n) is 3.20. The quantitative estimate of drug-likeness (QED) is 0.765. The zero-order chi connectivity index (χ0) is 13.9. The van der Waals surface area contributed by atoms with E-state index >= 15 is 0 Å². The third kappa shape index (κ3) is 2.52. The van der Waals surface area contributed by atoms with Gasteiger partial charge in [0.25, 0.3) is 0 Å². The molecule has 0 aliphatic rings. The summed E-state index contributed by atoms with van der Waals surface area (Å²) < 4.78 is 7.17. The van der Waals surface area contributed by atoms with Crippen molar-refractivity contribution in [2.45, 2.75) is 13.2 Å². The summed E-state index contributed by atoms with van der Waals surface area (Å²) in [5.41, 5.74) is 7.82. The van der Waals surface area contributed by atoms with Crippen LogP contribution in [0.5, 0.6) is 5.75 Å². The Morgan fingerprint density at radius 3 is 2.75 bits per heavy atom. The van der Waals surface area contributed by atoms with Crippen molar-refractivity contribution in [2.75, 3.05) is 0 Å². The highest BCUT2D eigenvalue weighted by Gasteiger charge is 2.09. The largest absolute Gasteiger partial charge is 0.487 e. The normalized spacial score (nSPS) is 10.9. The fourth-order valence-corrected chi connectivity index (χ4v) is 3.37. The Morgan fingerprint density at radius 2 is 1.90 bits per heavy atom. The van der Waals surface area contributed by atoms with Gasteiger partial charge >= 0.3 is 0 Å². The van der Waals surface area contributed by atoms with E-state index in [0.717, 1.165) is 5.56 Å². The minimum absolute atomic E-state index is 0.417. The van der Waals surface area contributed by atoms with E-state index < -0.39 is 0 Å². The van der Waals surface area contributed by atoms with Crippen LogP contribution >= 0.6 is 22.9 Å². The van der Waals surface area contributed by atoms with E-state index in [-0.39, 0.29) is 0 Å². The van der Waals surface area contributed by atoms with Crippen molar-refractivity contribution in [3.63, 3.8) is 0 Å². The molecule has 0 spiro atoms. The van der Waals surface area contributed by atoms with Gasteiger partial charge in [0.2, 0.25) is 0 Å². The Hall–Kier alpha value is -1.55. The van der Waals surface area contributed by atoms with E-state index in [1.807, 2.05) is 30.3 Å². The minimum Gasteiger partial charge on any atom is -0.487 e. The minimum atomic E-state index is 0.417. The number of ether oxygens (including phenoxy) is 1. The van der Waals surface area contributed by atoms with Crippen molar-refractivity contribution in [1.82, 2.24) is 0 Å². The third-order valence-corrected chi connectivity index (χ3v) is 4.51. The van der Waals surface area contributed by atoms with E-state index in [9.17, 15) is 0 Å². The van der Waals surface area contributed by atoms with E-state index in [4.69, 9.17) is 22.1 Å². The molecule has 102 valence electrons. The Kier molecular flexibility index (Phi) is 3.92. The van der Waals surface area contributed by atoms with Gasteiger partial charge in [-0.2, -0.15) is 0 Å². The zero-order valence-corrected chi connectivity index (χ0v) is 12.4. The highest BCUT2D eigenvalue weighted by Crippen LogP contribution is 2.31. The topological polar surface area (TPSA) is 35.2 Å². The number of hydrogen-bond acceptors (Lipinski definition) is 3. The summed E-state index contributed by atoms with van der Waals surface area (Å²) in [6.07, 6.45) is 0. The predicted molar refractivity (Wildman–Crippen MR) is 85.5 cm³/mol. The number of para-hydroxylation sites is 1. The Morgan fingerprint density at radius 1 is 1.05 bits per heavy atom. The molecule has 0 atom stereocenters. The number of benzene rings is 2. The van der Waals surface area contributed by atoms with Gasteiger partial charge in [-0.15, -0.1) is 11.3 Å². The summed E-state index contributed by atoms with van der Waals surface area (Å²) in [7, 11) is 0. The van der Waals surface area contributed by atoms with Crippen molar-refractivity contribution >= 4 is 33.0 Å². The molecule has 4 heteroatoms. The molecule has 0 amide bonds. The first-order chi connectivity index (χ1) is 9.79. The van der Waals surface area contributed by atoms with Gasteiger partial charge in [0.1, 0.15) is 12.4 Å². The average molecular weight is 304 g/mol. The monoisotopic (exact) mass is 303 g/mol. The number of nitrogens with two attached hydrogens (primary N) is 1. The van der Waals surface area contributed by atoms with Crippen molar-refractivity contribution < 1.29 is 4.74 Å². The van der Waals surface area contributed by atoms with Crippen molar-refractivity contribution in [2.24, 2.45) is 5.73 Å². The molecule has 0 bridgehead atoms. The van der Waals surface area contributed by atoms with Crippen LogP contribution in [-0.4, -0.2) is 0 Å². The molecule has 2 nitrogen and oxygen atoms in total. The smallest absolute Gasteiger partial charge is 0.142 e. The average Bonchev–Trinajstić information content (AvgIpc) is 2.89. The van der Waals surface area contributed by atoms with Crippen LogP contribution in [0.1, 0.15) is 11.1 Å². The van der Waals surface area contributed by atoms with Gasteiger partial charge in [-0.25, -0.2) is 0 Å². The van der Waals surface area contributed by atoms with Gasteiger partial charge in [-0.3, -0.25) is 0 Å². The fraction of sp³-hybridized carbons (Fsp3) is 0.125. The van der Waals surface area contributed by atoms with Gasteiger partial charge in [0, 0.05) is 22.4 Å². The molecule has 0 fully saturated rings. The molecule has 0 saturated carbocycles. The number of hydrogen-bond donors (Lipinski definition) is 1. The molecular formula is C16H14ClNOS. The van der Waals surface area contributed by atoms with Crippen LogP contribution in [0.4, 0.5) is 0 Å². The summed E-state index contributed by atoms with van der Waals surface area (Å²) in [4.78, 5) is 0. The second-order valence-corrected chi connectivity index (χ2v) is 5.80. The second kappa shape index (κ2) is 5.83. The van der Waals surface area contributed by atoms with E-state index in [1.165, 1.54) is 15.6 Å². The molecular weight excluding hydrogens is 290 g/mol. The van der Waals surface area contributed by atoms with Crippen molar-refractivity contribution in [3.05, 3.63) is 64.0 Å². The van der Waals surface area contributed by atoms with Crippen LogP contribution in [0, 0.1) is 0 Å². The van der Waals surface area contributed by atoms with Crippen LogP contribution in [0.2, 0.25) is 5.02 Å². The van der Waals surface area contributed by atoms with Gasteiger partial charge < -0.3 is 10.5 Å². The summed E-state index contributed by atoms with van der Waals surface area (Å²) in [5, 5.41) is 3.97. The summed E-state index contributed by atoms with van der Waals surface area (Å²) in [6, 6.07) is 14.0. The highest BCUT2D eigenvalue weighted by molar-refractivity contribution is 7.17. The van der Waals surface area contributed by atoms with Gasteiger partial charge in [-0.1, -0.05) is 41.9 Å². The number of thiophene rings is 1. The molecule has 0 aliphatic heterocycles. The molecule has 2 N–H and O–H groups in total. The lowest BCUT2D eigenvalue weighted by atomic mass is 10.2. The lowest BCUT2D eigenvalue weighted by Crippen LogP contribution is -2.03. The fourth-order valence-electron chi connectivity index (χ4n) is 2.17. The van der Waals surface area contributed by atoms with Gasteiger partial charge in [-0.05, 0) is 22.9 Å². The van der Waals surface area contributed by atoms with Crippen molar-refractivity contribution in [3.8, 4) is 5.75 Å². The van der Waals surface area contributed by atoms with Crippen LogP contribution < -0.4 is 10.5 Å². The van der Waals surface area contributed by atoms with E-state index in [2.05, 4.69) is 17.5 Å². The van der Waals surface area contributed by atoms with E-state index in [1.54, 1.807) is 11.3 Å². The molecule has 3 aromatic rings. The number of fused-ring (bicyclic) bond motifs is 1. The van der Waals surface area contributed by atoms with Crippen LogP contribution in [-0.2, 0) is 13.2 Å². The highest BCUT2D eigenvalue weighted by atomic mass is 35.5. The number of halogens is 1. The molecule has 0 aliphatic carbocycles. The Balaban J connectivity index is 1.87. The summed E-state index contributed by atoms with van der Waals surface area (Å²) >= 11 is 7.91. The number of rotatable bonds is 4. The molecule has 20 heavy (non-hydrogen) atoms. The summed E-state index contributed by atoms with van der Waals surface area (Å²) in [6.45, 7) is 0.918. The molecule has 1 aromatic heterocycles. The zero-order valence-electron chi connectivity index (χ0n) is 10.8. The first-order valence-corrected chi connectivity index (χ1v) is 7.60. The standard InChI is InChI=1S/C16H14ClNOS/c17-14-6-3-4-11(8-18)16(14)19-9-12-10-20-15-7-2-1-5-13(12)15/h1-7,10H,8-9,18H2. The maximum Gasteiger partial charge on any atom is 0.142 e. The molecule has 1 heterocycles. The van der Waals surface area contributed by atoms with Gasteiger partial charge in [0.05, 0.1) is 5.02 Å². The first-order valence-electron chi connectivity index (χ1n) is 6.35. The first kappa shape index (κ1) is 13.4. The molecule has 3 rings (SSSR count). The maximum atomic E-state index is 6.19. The Labute approximate surface area is 126 Å². The van der Waals surface area contributed by atoms with Crippen molar-refractivity contribution in [1.29, 1.82) is 0 Å². The SMILES string of the molecule is NCc1cccc(Cl)c1OCc1csc2ccccc12. The van der Waals surface area contributed by atoms with Crippen LogP contribution in [0.25, 0.3) is 10.1 Å². The molecule has 0 unspecified atom stereocenters. The molecule has 0 radical (unpaired) electrons. The van der Waals surface area contributed by atoms with E-state index in [0.29, 0.717) is 23.9 Å². The Bertz CT molecular complexity index is 738. The molecule has 2 aromatic carbocycles. The van der Waals surface area contributed by atoms with Gasteiger partial charge in [0.15, 0.2) is 0 Å².